The van der Waals surface area contributed by atoms with Crippen molar-refractivity contribution in [1.29, 1.82) is 0 Å². The molecule has 0 spiro atoms. The number of nitrogens with zero attached hydrogens (tertiary/aromatic N) is 2. The lowest BCUT2D eigenvalue weighted by atomic mass is 9.89. The Morgan fingerprint density at radius 1 is 1.31 bits per heavy atom. The minimum absolute atomic E-state index is 0.161. The Morgan fingerprint density at radius 2 is 2.09 bits per heavy atom. The van der Waals surface area contributed by atoms with Crippen molar-refractivity contribution in [2.45, 2.75) is 22.9 Å². The van der Waals surface area contributed by atoms with E-state index in [4.69, 9.17) is 9.47 Å². The van der Waals surface area contributed by atoms with Crippen molar-refractivity contribution in [1.82, 2.24) is 9.78 Å². The highest BCUT2D eigenvalue weighted by Gasteiger charge is 2.39. The van der Waals surface area contributed by atoms with Gasteiger partial charge in [-0.1, -0.05) is 28.7 Å². The van der Waals surface area contributed by atoms with E-state index in [0.29, 0.717) is 22.3 Å². The number of fused-ring (bicyclic) bond motifs is 1. The molecule has 0 fully saturated rings. The van der Waals surface area contributed by atoms with Crippen LogP contribution in [0.2, 0.25) is 0 Å². The molecular weight excluding hydrogens is 604 g/mol. The summed E-state index contributed by atoms with van der Waals surface area (Å²) in [5.41, 5.74) is 1.09. The number of aromatic nitrogens is 2. The average molecular weight is 621 g/mol. The third-order valence-corrected chi connectivity index (χ3v) is 6.73. The van der Waals surface area contributed by atoms with Gasteiger partial charge in [-0.05, 0) is 69.7 Å². The Labute approximate surface area is 204 Å². The minimum atomic E-state index is -4.66. The summed E-state index contributed by atoms with van der Waals surface area (Å²) in [6, 6.07) is 7.66. The molecule has 0 N–H and O–H groups in total. The fraction of sp³-hybridized carbons (Fsp3) is 0.273. The van der Waals surface area contributed by atoms with Crippen LogP contribution in [0.25, 0.3) is 16.8 Å². The molecule has 2 aromatic carbocycles. The van der Waals surface area contributed by atoms with Crippen molar-refractivity contribution < 1.29 is 27.4 Å². The molecule has 0 aliphatic carbocycles. The van der Waals surface area contributed by atoms with E-state index in [1.807, 2.05) is 6.07 Å². The van der Waals surface area contributed by atoms with Gasteiger partial charge in [0.05, 0.1) is 35.6 Å². The number of ether oxygens (including phenoxy) is 2. The van der Waals surface area contributed by atoms with Gasteiger partial charge in [-0.15, -0.1) is 0 Å². The van der Waals surface area contributed by atoms with E-state index >= 15 is 0 Å². The first-order chi connectivity index (χ1) is 15.2. The Kier molecular flexibility index (Phi) is 6.53. The van der Waals surface area contributed by atoms with E-state index in [9.17, 15) is 18.0 Å². The van der Waals surface area contributed by atoms with E-state index < -0.39 is 21.6 Å². The second kappa shape index (κ2) is 9.05. The number of aryl methyl sites for hydroxylation is 1. The molecule has 168 valence electrons. The monoisotopic (exact) mass is 620 g/mol. The van der Waals surface area contributed by atoms with Gasteiger partial charge < -0.3 is 9.47 Å². The van der Waals surface area contributed by atoms with Crippen LogP contribution in [0.3, 0.4) is 0 Å². The largest absolute Gasteiger partial charge is 0.493 e. The van der Waals surface area contributed by atoms with Crippen LogP contribution in [-0.4, -0.2) is 29.5 Å². The zero-order chi connectivity index (χ0) is 23.0. The molecule has 1 atom stereocenters. The maximum atomic E-state index is 14.1. The average Bonchev–Trinajstić information content (AvgIpc) is 3.22. The number of alkyl halides is 4. The van der Waals surface area contributed by atoms with E-state index in [-0.39, 0.29) is 11.1 Å². The Morgan fingerprint density at radius 3 is 2.75 bits per heavy atom. The van der Waals surface area contributed by atoms with Crippen molar-refractivity contribution >= 4 is 44.5 Å². The predicted molar refractivity (Wildman–Crippen MR) is 124 cm³/mol. The number of benzene rings is 2. The lowest BCUT2D eigenvalue weighted by molar-refractivity contribution is -0.141. The number of esters is 1. The minimum Gasteiger partial charge on any atom is -0.493 e. The highest BCUT2D eigenvalue weighted by Crippen LogP contribution is 2.46. The van der Waals surface area contributed by atoms with Crippen LogP contribution in [-0.2, 0) is 22.1 Å². The summed E-state index contributed by atoms with van der Waals surface area (Å²) in [4.78, 5) is 12.4. The molecule has 1 unspecified atom stereocenters. The molecule has 0 radical (unpaired) electrons. The highest BCUT2D eigenvalue weighted by molar-refractivity contribution is 14.1. The third kappa shape index (κ3) is 4.39. The summed E-state index contributed by atoms with van der Waals surface area (Å²) in [5, 5.41) is 4.26. The van der Waals surface area contributed by atoms with Crippen molar-refractivity contribution in [3.8, 4) is 22.6 Å². The molecule has 0 saturated heterocycles. The number of halogens is 5. The summed E-state index contributed by atoms with van der Waals surface area (Å²) in [7, 11) is 1.16. The van der Waals surface area contributed by atoms with Crippen LogP contribution in [0.5, 0.6) is 5.75 Å². The SMILES string of the molecule is COC(=O)C(I)c1c(C(F)(F)F)ccc(-n2cc(Br)cn2)c1-c1ccc2c(c1)CCCO2. The predicted octanol–water partition coefficient (Wildman–Crippen LogP) is 6.29. The summed E-state index contributed by atoms with van der Waals surface area (Å²) < 4.78 is 53.7. The van der Waals surface area contributed by atoms with Gasteiger partial charge >= 0.3 is 12.1 Å². The second-order valence-corrected chi connectivity index (χ2v) is 9.34. The first kappa shape index (κ1) is 23.1. The molecule has 0 amide bonds. The number of hydrogen-bond donors (Lipinski definition) is 0. The molecule has 2 heterocycles. The van der Waals surface area contributed by atoms with Gasteiger partial charge in [0.15, 0.2) is 0 Å². The lowest BCUT2D eigenvalue weighted by Gasteiger charge is -2.24. The standard InChI is InChI=1S/C22H17BrF3IN2O3/c1-31-21(30)20(27)19-15(22(24,25)26)5-6-16(29-11-14(23)10-28-29)18(19)13-4-7-17-12(9-13)3-2-8-32-17/h4-7,9-11,20H,2-3,8H2,1H3. The van der Waals surface area contributed by atoms with Crippen LogP contribution in [0.1, 0.15) is 27.0 Å². The lowest BCUT2D eigenvalue weighted by Crippen LogP contribution is -2.18. The summed E-state index contributed by atoms with van der Waals surface area (Å²) in [5.74, 6) is -0.0478. The molecule has 0 saturated carbocycles. The summed E-state index contributed by atoms with van der Waals surface area (Å²) >= 11 is 5.03. The van der Waals surface area contributed by atoms with Crippen LogP contribution in [0.15, 0.2) is 47.2 Å². The van der Waals surface area contributed by atoms with E-state index in [2.05, 4.69) is 21.0 Å². The van der Waals surface area contributed by atoms with Gasteiger partial charge in [0.25, 0.3) is 0 Å². The van der Waals surface area contributed by atoms with Crippen molar-refractivity contribution in [3.05, 3.63) is 63.9 Å². The molecule has 32 heavy (non-hydrogen) atoms. The van der Waals surface area contributed by atoms with Gasteiger partial charge in [0, 0.05) is 11.8 Å². The second-order valence-electron chi connectivity index (χ2n) is 7.18. The molecule has 0 bridgehead atoms. The van der Waals surface area contributed by atoms with Gasteiger partial charge in [0.1, 0.15) is 9.67 Å². The first-order valence-electron chi connectivity index (χ1n) is 9.63. The molecule has 1 aliphatic heterocycles. The maximum Gasteiger partial charge on any atom is 0.416 e. The van der Waals surface area contributed by atoms with Crippen LogP contribution < -0.4 is 4.74 Å². The van der Waals surface area contributed by atoms with Gasteiger partial charge in [-0.3, -0.25) is 4.79 Å². The highest BCUT2D eigenvalue weighted by atomic mass is 127. The van der Waals surface area contributed by atoms with Crippen LogP contribution in [0, 0.1) is 0 Å². The van der Waals surface area contributed by atoms with Crippen LogP contribution in [0.4, 0.5) is 13.2 Å². The van der Waals surface area contributed by atoms with Gasteiger partial charge in [-0.25, -0.2) is 4.68 Å². The fourth-order valence-electron chi connectivity index (χ4n) is 3.78. The molecule has 5 nitrogen and oxygen atoms in total. The number of methoxy groups -OCH3 is 1. The Hall–Kier alpha value is -2.08. The molecule has 10 heteroatoms. The third-order valence-electron chi connectivity index (χ3n) is 5.19. The Bertz CT molecular complexity index is 1180. The van der Waals surface area contributed by atoms with E-state index in [1.54, 1.807) is 47.1 Å². The zero-order valence-corrected chi connectivity index (χ0v) is 20.5. The van der Waals surface area contributed by atoms with Gasteiger partial charge in [0.2, 0.25) is 0 Å². The zero-order valence-electron chi connectivity index (χ0n) is 16.7. The van der Waals surface area contributed by atoms with E-state index in [1.165, 1.54) is 10.7 Å². The summed E-state index contributed by atoms with van der Waals surface area (Å²) in [6.45, 7) is 0.603. The number of carbonyl (C=O) groups is 1. The van der Waals surface area contributed by atoms with Crippen molar-refractivity contribution in [3.63, 3.8) is 0 Å². The topological polar surface area (TPSA) is 53.4 Å². The van der Waals surface area contributed by atoms with Gasteiger partial charge in [-0.2, -0.15) is 18.3 Å². The normalized spacial score (nSPS) is 14.4. The molecule has 1 aliphatic rings. The molecule has 4 rings (SSSR count). The number of carbonyl (C=O) groups excluding carboxylic acids is 1. The first-order valence-corrected chi connectivity index (χ1v) is 11.7. The summed E-state index contributed by atoms with van der Waals surface area (Å²) in [6.07, 6.45) is 0.107. The molecular formula is C22H17BrF3IN2O3. The number of rotatable bonds is 4. The van der Waals surface area contributed by atoms with Crippen molar-refractivity contribution in [2.24, 2.45) is 0 Å². The fourth-order valence-corrected chi connectivity index (χ4v) is 4.97. The number of hydrogen-bond acceptors (Lipinski definition) is 4. The van der Waals surface area contributed by atoms with E-state index in [0.717, 1.165) is 37.3 Å². The molecule has 1 aromatic heterocycles. The molecule has 3 aromatic rings. The quantitative estimate of drug-likeness (QED) is 0.195. The van der Waals surface area contributed by atoms with Crippen molar-refractivity contribution in [2.75, 3.05) is 13.7 Å². The smallest absolute Gasteiger partial charge is 0.416 e. The maximum absolute atomic E-state index is 14.1. The Balaban J connectivity index is 2.06. The van der Waals surface area contributed by atoms with Crippen LogP contribution >= 0.6 is 38.5 Å².